The van der Waals surface area contributed by atoms with Crippen molar-refractivity contribution < 1.29 is 8.42 Å². The lowest BCUT2D eigenvalue weighted by atomic mass is 10.0. The van der Waals surface area contributed by atoms with Crippen molar-refractivity contribution in [1.29, 1.82) is 0 Å². The highest BCUT2D eigenvalue weighted by Gasteiger charge is 2.28. The summed E-state index contributed by atoms with van der Waals surface area (Å²) in [7, 11) is -3.16. The molecule has 2 aliphatic heterocycles. The van der Waals surface area contributed by atoms with E-state index in [1.54, 1.807) is 4.57 Å². The van der Waals surface area contributed by atoms with Gasteiger partial charge in [0, 0.05) is 36.9 Å². The van der Waals surface area contributed by atoms with Crippen LogP contribution in [0.5, 0.6) is 0 Å². The van der Waals surface area contributed by atoms with Gasteiger partial charge in [-0.2, -0.15) is 0 Å². The molecule has 2 aliphatic rings. The highest BCUT2D eigenvalue weighted by atomic mass is 35.5. The summed E-state index contributed by atoms with van der Waals surface area (Å²) in [5.74, 6) is 0. The minimum atomic E-state index is -3.16. The van der Waals surface area contributed by atoms with E-state index in [2.05, 4.69) is 10.3 Å². The Morgan fingerprint density at radius 3 is 2.52 bits per heavy atom. The molecule has 1 aromatic heterocycles. The highest BCUT2D eigenvalue weighted by molar-refractivity contribution is 7.88. The van der Waals surface area contributed by atoms with Crippen LogP contribution >= 0.6 is 24.6 Å². The minimum Gasteiger partial charge on any atom is -0.334 e. The van der Waals surface area contributed by atoms with Crippen molar-refractivity contribution in [2.24, 2.45) is 0 Å². The van der Waals surface area contributed by atoms with E-state index in [1.165, 1.54) is 10.6 Å². The predicted molar refractivity (Wildman–Crippen MR) is 93.2 cm³/mol. The van der Waals surface area contributed by atoms with Crippen molar-refractivity contribution in [3.8, 4) is 0 Å². The maximum atomic E-state index is 12.7. The van der Waals surface area contributed by atoms with E-state index in [9.17, 15) is 13.2 Å². The molecule has 3 heterocycles. The van der Waals surface area contributed by atoms with Gasteiger partial charge in [-0.3, -0.25) is 9.36 Å². The monoisotopic (exact) mass is 380 g/mol. The maximum absolute atomic E-state index is 12.7. The molecule has 130 valence electrons. The van der Waals surface area contributed by atoms with Gasteiger partial charge in [-0.15, -0.1) is 12.4 Å². The first-order valence-corrected chi connectivity index (χ1v) is 9.66. The molecule has 0 unspecified atom stereocenters. The Hall–Kier alpha value is -0.740. The molecule has 0 saturated carbocycles. The Balaban J connectivity index is 0.00000192. The summed E-state index contributed by atoms with van der Waals surface area (Å²) in [5, 5.41) is 3.22. The summed E-state index contributed by atoms with van der Waals surface area (Å²) in [4.78, 5) is 15.9. The summed E-state index contributed by atoms with van der Waals surface area (Å²) < 4.78 is 26.7. The fourth-order valence-corrected chi connectivity index (χ4v) is 4.46. The number of fused-ring (bicyclic) bond motifs is 1. The number of halogens is 1. The number of aromatic amines is 1. The zero-order chi connectivity index (χ0) is 15.9. The average molecular weight is 381 g/mol. The largest absolute Gasteiger partial charge is 0.334 e. The van der Waals surface area contributed by atoms with Crippen LogP contribution in [0.25, 0.3) is 0 Å². The summed E-state index contributed by atoms with van der Waals surface area (Å²) in [6.07, 6.45) is 3.14. The topological polar surface area (TPSA) is 87.2 Å². The first kappa shape index (κ1) is 18.6. The number of nitrogens with zero attached hydrogens (tertiary/aromatic N) is 2. The second-order valence-corrected chi connectivity index (χ2v) is 8.25. The summed E-state index contributed by atoms with van der Waals surface area (Å²) in [6.45, 7) is 2.30. The van der Waals surface area contributed by atoms with Crippen LogP contribution in [0.4, 0.5) is 0 Å². The van der Waals surface area contributed by atoms with Crippen molar-refractivity contribution in [3.63, 3.8) is 0 Å². The molecule has 0 atom stereocenters. The first-order valence-electron chi connectivity index (χ1n) is 7.40. The lowest BCUT2D eigenvalue weighted by Crippen LogP contribution is -2.42. The third-order valence-electron chi connectivity index (χ3n) is 4.43. The fourth-order valence-electron chi connectivity index (χ4n) is 3.23. The van der Waals surface area contributed by atoms with Crippen LogP contribution in [0.3, 0.4) is 0 Å². The number of rotatable bonds is 2. The SMILES string of the molecule is CS(=O)(=O)N1CCC(n2c(=S)[nH]c3c(c2=O)CCNC3)CC1.Cl. The smallest absolute Gasteiger partial charge is 0.258 e. The van der Waals surface area contributed by atoms with Crippen LogP contribution in [0.15, 0.2) is 4.79 Å². The number of sulfonamides is 1. The van der Waals surface area contributed by atoms with Gasteiger partial charge in [0.05, 0.1) is 6.26 Å². The van der Waals surface area contributed by atoms with Gasteiger partial charge in [0.25, 0.3) is 5.56 Å². The first-order chi connectivity index (χ1) is 10.4. The molecule has 0 radical (unpaired) electrons. The van der Waals surface area contributed by atoms with Crippen molar-refractivity contribution >= 4 is 34.6 Å². The second-order valence-electron chi connectivity index (χ2n) is 5.88. The molecule has 0 bridgehead atoms. The normalized spacial score (nSPS) is 19.9. The molecule has 1 fully saturated rings. The van der Waals surface area contributed by atoms with Gasteiger partial charge in [-0.1, -0.05) is 0 Å². The van der Waals surface area contributed by atoms with Crippen LogP contribution in [0.2, 0.25) is 0 Å². The van der Waals surface area contributed by atoms with Crippen molar-refractivity contribution in [2.45, 2.75) is 31.8 Å². The molecule has 7 nitrogen and oxygen atoms in total. The van der Waals surface area contributed by atoms with Gasteiger partial charge < -0.3 is 10.3 Å². The molecule has 10 heteroatoms. The molecule has 0 spiro atoms. The summed E-state index contributed by atoms with van der Waals surface area (Å²) in [6, 6.07) is -0.0329. The van der Waals surface area contributed by atoms with Crippen LogP contribution in [-0.2, 0) is 23.0 Å². The van der Waals surface area contributed by atoms with Crippen LogP contribution in [-0.4, -0.2) is 48.2 Å². The third-order valence-corrected chi connectivity index (χ3v) is 6.03. The Bertz CT molecular complexity index is 794. The molecule has 1 saturated heterocycles. The summed E-state index contributed by atoms with van der Waals surface area (Å²) in [5.41, 5.74) is 1.67. The molecule has 2 N–H and O–H groups in total. The van der Waals surface area contributed by atoms with Crippen LogP contribution in [0, 0.1) is 4.77 Å². The van der Waals surface area contributed by atoms with E-state index in [4.69, 9.17) is 12.2 Å². The van der Waals surface area contributed by atoms with Crippen molar-refractivity contribution in [3.05, 3.63) is 26.4 Å². The standard InChI is InChI=1S/C13H20N4O3S2.ClH/c1-22(19,20)16-6-3-9(4-7-16)17-12(18)10-2-5-14-8-11(10)15-13(17)21;/h9,14H,2-8H2,1H3,(H,15,21);1H. The number of hydrogen-bond acceptors (Lipinski definition) is 5. The molecule has 0 aromatic carbocycles. The lowest BCUT2D eigenvalue weighted by Gasteiger charge is -2.31. The van der Waals surface area contributed by atoms with E-state index >= 15 is 0 Å². The molecular formula is C13H21ClN4O3S2. The Kier molecular flexibility index (Phi) is 5.68. The van der Waals surface area contributed by atoms with Gasteiger partial charge in [0.1, 0.15) is 0 Å². The van der Waals surface area contributed by atoms with E-state index < -0.39 is 10.0 Å². The number of aromatic nitrogens is 2. The third kappa shape index (κ3) is 3.69. The van der Waals surface area contributed by atoms with Crippen LogP contribution in [0.1, 0.15) is 30.1 Å². The van der Waals surface area contributed by atoms with E-state index in [-0.39, 0.29) is 24.0 Å². The highest BCUT2D eigenvalue weighted by Crippen LogP contribution is 2.23. The van der Waals surface area contributed by atoms with Gasteiger partial charge in [-0.25, -0.2) is 12.7 Å². The number of nitrogens with one attached hydrogen (secondary N) is 2. The zero-order valence-corrected chi connectivity index (χ0v) is 15.3. The molecule has 1 aromatic rings. The maximum Gasteiger partial charge on any atom is 0.258 e. The second kappa shape index (κ2) is 7.02. The predicted octanol–water partition coefficient (Wildman–Crippen LogP) is 0.570. The summed E-state index contributed by atoms with van der Waals surface area (Å²) >= 11 is 5.36. The number of hydrogen-bond donors (Lipinski definition) is 2. The molecular weight excluding hydrogens is 360 g/mol. The van der Waals surface area contributed by atoms with Gasteiger partial charge in [0.15, 0.2) is 4.77 Å². The van der Waals surface area contributed by atoms with Crippen molar-refractivity contribution in [1.82, 2.24) is 19.2 Å². The zero-order valence-electron chi connectivity index (χ0n) is 12.9. The van der Waals surface area contributed by atoms with Gasteiger partial charge >= 0.3 is 0 Å². The van der Waals surface area contributed by atoms with E-state index in [0.717, 1.165) is 17.8 Å². The quantitative estimate of drug-likeness (QED) is 0.732. The van der Waals surface area contributed by atoms with E-state index in [0.29, 0.717) is 43.7 Å². The molecule has 3 rings (SSSR count). The molecule has 0 amide bonds. The molecule has 0 aliphatic carbocycles. The average Bonchev–Trinajstić information content (AvgIpc) is 2.47. The Labute approximate surface area is 146 Å². The number of piperidine rings is 1. The Morgan fingerprint density at radius 2 is 1.91 bits per heavy atom. The lowest BCUT2D eigenvalue weighted by molar-refractivity contribution is 0.267. The Morgan fingerprint density at radius 1 is 1.26 bits per heavy atom. The van der Waals surface area contributed by atoms with Gasteiger partial charge in [-0.05, 0) is 38.0 Å². The van der Waals surface area contributed by atoms with Gasteiger partial charge in [0.2, 0.25) is 10.0 Å². The number of H-pyrrole nitrogens is 1. The van der Waals surface area contributed by atoms with Crippen molar-refractivity contribution in [2.75, 3.05) is 25.9 Å². The van der Waals surface area contributed by atoms with Crippen LogP contribution < -0.4 is 10.9 Å². The fraction of sp³-hybridized carbons (Fsp3) is 0.692. The molecule has 23 heavy (non-hydrogen) atoms. The minimum absolute atomic E-state index is 0. The van der Waals surface area contributed by atoms with E-state index in [1.807, 2.05) is 0 Å².